The minimum absolute atomic E-state index is 0.0320. The minimum Gasteiger partial charge on any atom is -0.495 e. The van der Waals surface area contributed by atoms with E-state index in [0.717, 1.165) is 4.88 Å². The lowest BCUT2D eigenvalue weighted by Gasteiger charge is -2.27. The number of benzene rings is 1. The van der Waals surface area contributed by atoms with E-state index in [1.807, 2.05) is 6.07 Å². The molecule has 1 amide bonds. The molecular weight excluding hydrogens is 448 g/mol. The van der Waals surface area contributed by atoms with E-state index in [9.17, 15) is 13.2 Å². The fourth-order valence-electron chi connectivity index (χ4n) is 3.12. The number of nitrogens with zero attached hydrogens (tertiary/aromatic N) is 2. The number of hydrogen-bond acceptors (Lipinski definition) is 6. The van der Waals surface area contributed by atoms with Crippen molar-refractivity contribution in [3.8, 4) is 5.75 Å². The van der Waals surface area contributed by atoms with Gasteiger partial charge in [-0.25, -0.2) is 8.42 Å². The number of morpholine rings is 1. The third-order valence-corrected chi connectivity index (χ3v) is 7.75. The molecule has 0 atom stereocenters. The highest BCUT2D eigenvalue weighted by atomic mass is 35.5. The number of thiophene rings is 1. The van der Waals surface area contributed by atoms with Gasteiger partial charge in [-0.2, -0.15) is 4.31 Å². The average Bonchev–Trinajstić information content (AvgIpc) is 3.17. The van der Waals surface area contributed by atoms with E-state index in [4.69, 9.17) is 21.1 Å². The van der Waals surface area contributed by atoms with Gasteiger partial charge in [-0.15, -0.1) is 17.9 Å². The smallest absolute Gasteiger partial charge is 0.254 e. The van der Waals surface area contributed by atoms with E-state index >= 15 is 0 Å². The second-order valence-corrected chi connectivity index (χ2v) is 10.3. The maximum absolute atomic E-state index is 13.2. The first-order valence-electron chi connectivity index (χ1n) is 9.27. The standard InChI is InChI=1S/C20H23ClN2O5S2/c1-3-8-22(14-16-5-7-19(21)29-16)20(24)15-4-6-17(27-2)18(13-15)30(25,26)23-9-11-28-12-10-23/h3-7,13H,1,8-12,14H2,2H3. The first kappa shape index (κ1) is 22.8. The Bertz CT molecular complexity index is 1020. The van der Waals surface area contributed by atoms with Gasteiger partial charge in [0.05, 0.1) is 31.2 Å². The van der Waals surface area contributed by atoms with E-state index in [0.29, 0.717) is 30.6 Å². The van der Waals surface area contributed by atoms with Crippen LogP contribution in [0.2, 0.25) is 4.34 Å². The van der Waals surface area contributed by atoms with Crippen LogP contribution in [0.1, 0.15) is 15.2 Å². The molecule has 0 bridgehead atoms. The van der Waals surface area contributed by atoms with E-state index in [-0.39, 0.29) is 35.2 Å². The summed E-state index contributed by atoms with van der Waals surface area (Å²) >= 11 is 7.39. The third kappa shape index (κ3) is 5.04. The Kier molecular flexibility index (Phi) is 7.54. The lowest BCUT2D eigenvalue weighted by atomic mass is 10.2. The zero-order valence-corrected chi connectivity index (χ0v) is 18.9. The number of amides is 1. The number of halogens is 1. The van der Waals surface area contributed by atoms with Crippen LogP contribution >= 0.6 is 22.9 Å². The van der Waals surface area contributed by atoms with Gasteiger partial charge in [0.2, 0.25) is 10.0 Å². The fourth-order valence-corrected chi connectivity index (χ4v) is 5.81. The molecule has 1 saturated heterocycles. The molecule has 0 radical (unpaired) electrons. The molecule has 0 aliphatic carbocycles. The van der Waals surface area contributed by atoms with Gasteiger partial charge in [-0.05, 0) is 30.3 Å². The van der Waals surface area contributed by atoms with Gasteiger partial charge in [0.15, 0.2) is 0 Å². The van der Waals surface area contributed by atoms with Crippen molar-refractivity contribution in [3.05, 3.63) is 57.8 Å². The number of rotatable bonds is 8. The Morgan fingerprint density at radius 1 is 1.33 bits per heavy atom. The van der Waals surface area contributed by atoms with Crippen molar-refractivity contribution >= 4 is 38.9 Å². The monoisotopic (exact) mass is 470 g/mol. The van der Waals surface area contributed by atoms with Crippen LogP contribution in [0.4, 0.5) is 0 Å². The molecule has 1 aliphatic rings. The van der Waals surface area contributed by atoms with Crippen molar-refractivity contribution in [3.63, 3.8) is 0 Å². The quantitative estimate of drug-likeness (QED) is 0.553. The van der Waals surface area contributed by atoms with E-state index in [1.165, 1.54) is 34.9 Å². The van der Waals surface area contributed by atoms with Gasteiger partial charge in [0.1, 0.15) is 10.6 Å². The van der Waals surface area contributed by atoms with Gasteiger partial charge in [-0.3, -0.25) is 4.79 Å². The summed E-state index contributed by atoms with van der Waals surface area (Å²) in [5, 5.41) is 0. The van der Waals surface area contributed by atoms with Crippen LogP contribution in [-0.4, -0.2) is 63.5 Å². The van der Waals surface area contributed by atoms with Crippen LogP contribution in [0.15, 0.2) is 47.9 Å². The van der Waals surface area contributed by atoms with Gasteiger partial charge in [0.25, 0.3) is 5.91 Å². The molecule has 3 rings (SSSR count). The van der Waals surface area contributed by atoms with Crippen molar-refractivity contribution < 1.29 is 22.7 Å². The number of carbonyl (C=O) groups excluding carboxylic acids is 1. The lowest BCUT2D eigenvalue weighted by Crippen LogP contribution is -2.40. The van der Waals surface area contributed by atoms with Crippen molar-refractivity contribution in [2.45, 2.75) is 11.4 Å². The summed E-state index contributed by atoms with van der Waals surface area (Å²) in [6.07, 6.45) is 1.63. The van der Waals surface area contributed by atoms with Gasteiger partial charge in [0, 0.05) is 30.1 Å². The summed E-state index contributed by atoms with van der Waals surface area (Å²) in [7, 11) is -2.43. The van der Waals surface area contributed by atoms with Crippen LogP contribution in [0.25, 0.3) is 0 Å². The first-order chi connectivity index (χ1) is 14.4. The molecule has 1 fully saturated rings. The Labute approximate surface area is 185 Å². The van der Waals surface area contributed by atoms with Crippen molar-refractivity contribution in [2.75, 3.05) is 40.0 Å². The molecule has 0 unspecified atom stereocenters. The molecule has 2 aromatic rings. The van der Waals surface area contributed by atoms with Crippen molar-refractivity contribution in [1.29, 1.82) is 0 Å². The maximum atomic E-state index is 13.2. The SMILES string of the molecule is C=CCN(Cc1ccc(Cl)s1)C(=O)c1ccc(OC)c(S(=O)(=O)N2CCOCC2)c1. The summed E-state index contributed by atoms with van der Waals surface area (Å²) in [6.45, 7) is 5.55. The topological polar surface area (TPSA) is 76.2 Å². The molecule has 0 saturated carbocycles. The molecule has 2 heterocycles. The van der Waals surface area contributed by atoms with Crippen LogP contribution in [0, 0.1) is 0 Å². The Hall–Kier alpha value is -1.91. The predicted molar refractivity (Wildman–Crippen MR) is 117 cm³/mol. The average molecular weight is 471 g/mol. The van der Waals surface area contributed by atoms with E-state index in [2.05, 4.69) is 6.58 Å². The first-order valence-corrected chi connectivity index (χ1v) is 11.9. The molecule has 0 N–H and O–H groups in total. The number of ether oxygens (including phenoxy) is 2. The van der Waals surface area contributed by atoms with Gasteiger partial charge < -0.3 is 14.4 Å². The Morgan fingerprint density at radius 3 is 2.67 bits per heavy atom. The molecule has 10 heteroatoms. The number of sulfonamides is 1. The minimum atomic E-state index is -3.83. The van der Waals surface area contributed by atoms with Crippen molar-refractivity contribution in [2.24, 2.45) is 0 Å². The van der Waals surface area contributed by atoms with Gasteiger partial charge in [-0.1, -0.05) is 17.7 Å². The molecule has 162 valence electrons. The predicted octanol–water partition coefficient (Wildman–Crippen LogP) is 3.26. The zero-order chi connectivity index (χ0) is 21.7. The van der Waals surface area contributed by atoms with Gasteiger partial charge >= 0.3 is 0 Å². The number of hydrogen-bond donors (Lipinski definition) is 0. The molecule has 1 aromatic carbocycles. The van der Waals surface area contributed by atoms with Crippen LogP contribution in [0.5, 0.6) is 5.75 Å². The molecule has 30 heavy (non-hydrogen) atoms. The molecule has 1 aliphatic heterocycles. The normalized spacial score (nSPS) is 15.0. The van der Waals surface area contributed by atoms with Crippen LogP contribution < -0.4 is 4.74 Å². The van der Waals surface area contributed by atoms with E-state index in [1.54, 1.807) is 23.1 Å². The summed E-state index contributed by atoms with van der Waals surface area (Å²) < 4.78 is 38.8. The molecular formula is C20H23ClN2O5S2. The second kappa shape index (κ2) is 9.93. The highest BCUT2D eigenvalue weighted by Gasteiger charge is 2.30. The van der Waals surface area contributed by atoms with Crippen LogP contribution in [0.3, 0.4) is 0 Å². The Balaban J connectivity index is 1.93. The fraction of sp³-hybridized carbons (Fsp3) is 0.350. The summed E-state index contributed by atoms with van der Waals surface area (Å²) in [4.78, 5) is 15.7. The highest BCUT2D eigenvalue weighted by molar-refractivity contribution is 7.89. The third-order valence-electron chi connectivity index (χ3n) is 4.61. The summed E-state index contributed by atoms with van der Waals surface area (Å²) in [6, 6.07) is 8.09. The lowest BCUT2D eigenvalue weighted by molar-refractivity contribution is 0.0729. The molecule has 1 aromatic heterocycles. The summed E-state index contributed by atoms with van der Waals surface area (Å²) in [5.41, 5.74) is 0.257. The maximum Gasteiger partial charge on any atom is 0.254 e. The largest absolute Gasteiger partial charge is 0.495 e. The van der Waals surface area contributed by atoms with Crippen molar-refractivity contribution in [1.82, 2.24) is 9.21 Å². The number of methoxy groups -OCH3 is 1. The molecule has 7 nitrogen and oxygen atoms in total. The second-order valence-electron chi connectivity index (χ2n) is 6.56. The Morgan fingerprint density at radius 2 is 2.07 bits per heavy atom. The summed E-state index contributed by atoms with van der Waals surface area (Å²) in [5.74, 6) is -0.112. The van der Waals surface area contributed by atoms with E-state index < -0.39 is 10.0 Å². The van der Waals surface area contributed by atoms with Crippen LogP contribution in [-0.2, 0) is 21.3 Å². The molecule has 0 spiro atoms. The highest BCUT2D eigenvalue weighted by Crippen LogP contribution is 2.29. The zero-order valence-electron chi connectivity index (χ0n) is 16.5. The number of carbonyl (C=O) groups is 1.